The van der Waals surface area contributed by atoms with Crippen LogP contribution in [0.4, 0.5) is 5.13 Å². The number of rotatable bonds is 3. The molecular formula is C12H10ClN3S2. The van der Waals surface area contributed by atoms with Gasteiger partial charge in [-0.05, 0) is 13.0 Å². The maximum absolute atomic E-state index is 6.37. The molecule has 3 aromatic rings. The van der Waals surface area contributed by atoms with Crippen molar-refractivity contribution >= 4 is 49.5 Å². The Hall–Kier alpha value is -1.17. The quantitative estimate of drug-likeness (QED) is 0.781. The number of benzene rings is 1. The number of nitrogens with one attached hydrogen (secondary N) is 1. The van der Waals surface area contributed by atoms with Gasteiger partial charge in [0.1, 0.15) is 5.01 Å². The van der Waals surface area contributed by atoms with E-state index < -0.39 is 0 Å². The number of thiophene rings is 1. The number of hydrogen-bond donors (Lipinski definition) is 1. The van der Waals surface area contributed by atoms with Gasteiger partial charge < -0.3 is 5.32 Å². The average molecular weight is 296 g/mol. The Morgan fingerprint density at radius 3 is 2.78 bits per heavy atom. The van der Waals surface area contributed by atoms with E-state index in [1.54, 1.807) is 22.7 Å². The lowest BCUT2D eigenvalue weighted by molar-refractivity contribution is 1.03. The average Bonchev–Trinajstić information content (AvgIpc) is 2.92. The summed E-state index contributed by atoms with van der Waals surface area (Å²) in [6.07, 6.45) is 0. The molecule has 0 saturated heterocycles. The fourth-order valence-electron chi connectivity index (χ4n) is 1.70. The van der Waals surface area contributed by atoms with Crippen LogP contribution in [0.15, 0.2) is 24.3 Å². The highest BCUT2D eigenvalue weighted by atomic mass is 35.5. The molecule has 0 saturated carbocycles. The minimum atomic E-state index is 0.687. The Bertz CT molecular complexity index is 690. The first-order valence-electron chi connectivity index (χ1n) is 5.44. The van der Waals surface area contributed by atoms with Crippen molar-refractivity contribution in [3.8, 4) is 0 Å². The summed E-state index contributed by atoms with van der Waals surface area (Å²) in [6, 6.07) is 8.17. The Balaban J connectivity index is 1.84. The van der Waals surface area contributed by atoms with Gasteiger partial charge in [0.15, 0.2) is 0 Å². The molecule has 0 spiro atoms. The molecule has 0 fully saturated rings. The normalized spacial score (nSPS) is 11.0. The molecule has 1 aromatic carbocycles. The van der Waals surface area contributed by atoms with Crippen LogP contribution >= 0.6 is 34.3 Å². The Kier molecular flexibility index (Phi) is 3.20. The van der Waals surface area contributed by atoms with Gasteiger partial charge in [-0.1, -0.05) is 41.1 Å². The van der Waals surface area contributed by atoms with Crippen molar-refractivity contribution in [2.75, 3.05) is 5.32 Å². The molecule has 3 rings (SSSR count). The van der Waals surface area contributed by atoms with Crippen LogP contribution in [-0.4, -0.2) is 10.2 Å². The molecule has 0 atom stereocenters. The Morgan fingerprint density at radius 1 is 1.22 bits per heavy atom. The van der Waals surface area contributed by atoms with Crippen LogP contribution in [0.2, 0.25) is 5.02 Å². The highest BCUT2D eigenvalue weighted by Gasteiger charge is 2.10. The van der Waals surface area contributed by atoms with E-state index in [9.17, 15) is 0 Å². The summed E-state index contributed by atoms with van der Waals surface area (Å²) >= 11 is 9.63. The highest BCUT2D eigenvalue weighted by molar-refractivity contribution is 7.19. The first-order valence-corrected chi connectivity index (χ1v) is 7.45. The van der Waals surface area contributed by atoms with E-state index >= 15 is 0 Å². The fraction of sp³-hybridized carbons (Fsp3) is 0.167. The molecule has 2 heterocycles. The molecule has 0 radical (unpaired) electrons. The standard InChI is InChI=1S/C12H10ClN3S2/c1-7-15-16-12(17-7)14-6-10-11(13)8-4-2-3-5-9(8)18-10/h2-5H,6H2,1H3,(H,14,16). The summed E-state index contributed by atoms with van der Waals surface area (Å²) in [7, 11) is 0. The summed E-state index contributed by atoms with van der Waals surface area (Å²) in [5, 5.41) is 15.0. The molecule has 2 aromatic heterocycles. The summed E-state index contributed by atoms with van der Waals surface area (Å²) in [5.41, 5.74) is 0. The third-order valence-electron chi connectivity index (χ3n) is 2.53. The zero-order chi connectivity index (χ0) is 12.5. The molecular weight excluding hydrogens is 286 g/mol. The van der Waals surface area contributed by atoms with Gasteiger partial charge in [0.05, 0.1) is 11.6 Å². The molecule has 3 nitrogen and oxygen atoms in total. The molecule has 0 aliphatic heterocycles. The topological polar surface area (TPSA) is 37.8 Å². The third kappa shape index (κ3) is 2.21. The van der Waals surface area contributed by atoms with Crippen molar-refractivity contribution in [2.45, 2.75) is 13.5 Å². The summed E-state index contributed by atoms with van der Waals surface area (Å²) in [5.74, 6) is 0. The number of anilines is 1. The van der Waals surface area contributed by atoms with Crippen LogP contribution in [0.5, 0.6) is 0 Å². The highest BCUT2D eigenvalue weighted by Crippen LogP contribution is 2.35. The zero-order valence-corrected chi connectivity index (χ0v) is 12.0. The van der Waals surface area contributed by atoms with Crippen molar-refractivity contribution in [3.05, 3.63) is 39.2 Å². The minimum Gasteiger partial charge on any atom is -0.355 e. The van der Waals surface area contributed by atoms with E-state index in [0.29, 0.717) is 6.54 Å². The van der Waals surface area contributed by atoms with Crippen molar-refractivity contribution in [2.24, 2.45) is 0 Å². The fourth-order valence-corrected chi connectivity index (χ4v) is 3.73. The van der Waals surface area contributed by atoms with Crippen LogP contribution in [0, 0.1) is 6.92 Å². The monoisotopic (exact) mass is 295 g/mol. The van der Waals surface area contributed by atoms with Gasteiger partial charge in [0.25, 0.3) is 0 Å². The van der Waals surface area contributed by atoms with Gasteiger partial charge >= 0.3 is 0 Å². The molecule has 0 bridgehead atoms. The van der Waals surface area contributed by atoms with Gasteiger partial charge in [-0.25, -0.2) is 0 Å². The molecule has 0 aliphatic rings. The second-order valence-electron chi connectivity index (χ2n) is 3.82. The third-order valence-corrected chi connectivity index (χ3v) is 5.04. The van der Waals surface area contributed by atoms with Gasteiger partial charge in [-0.3, -0.25) is 0 Å². The lowest BCUT2D eigenvalue weighted by Gasteiger charge is -1.99. The molecule has 92 valence electrons. The molecule has 0 aliphatic carbocycles. The number of fused-ring (bicyclic) bond motifs is 1. The molecule has 18 heavy (non-hydrogen) atoms. The Morgan fingerprint density at radius 2 is 2.06 bits per heavy atom. The second kappa shape index (κ2) is 4.84. The van der Waals surface area contributed by atoms with E-state index in [1.807, 2.05) is 25.1 Å². The van der Waals surface area contributed by atoms with Crippen LogP contribution < -0.4 is 5.32 Å². The molecule has 0 unspecified atom stereocenters. The van der Waals surface area contributed by atoms with Gasteiger partial charge in [-0.2, -0.15) is 0 Å². The van der Waals surface area contributed by atoms with E-state index in [1.165, 1.54) is 4.70 Å². The lowest BCUT2D eigenvalue weighted by Crippen LogP contribution is -1.97. The summed E-state index contributed by atoms with van der Waals surface area (Å²) in [4.78, 5) is 1.13. The van der Waals surface area contributed by atoms with Crippen molar-refractivity contribution in [1.29, 1.82) is 0 Å². The van der Waals surface area contributed by atoms with E-state index in [4.69, 9.17) is 11.6 Å². The number of aromatic nitrogens is 2. The van der Waals surface area contributed by atoms with Crippen molar-refractivity contribution in [3.63, 3.8) is 0 Å². The zero-order valence-electron chi connectivity index (χ0n) is 9.61. The number of nitrogens with zero attached hydrogens (tertiary/aromatic N) is 2. The van der Waals surface area contributed by atoms with E-state index in [2.05, 4.69) is 21.6 Å². The lowest BCUT2D eigenvalue weighted by atomic mass is 10.2. The predicted molar refractivity (Wildman–Crippen MR) is 78.8 cm³/mol. The van der Waals surface area contributed by atoms with Crippen LogP contribution in [0.1, 0.15) is 9.88 Å². The largest absolute Gasteiger partial charge is 0.355 e. The van der Waals surface area contributed by atoms with Gasteiger partial charge in [0, 0.05) is 15.0 Å². The van der Waals surface area contributed by atoms with Crippen molar-refractivity contribution in [1.82, 2.24) is 10.2 Å². The Labute approximate surface area is 117 Å². The number of aryl methyl sites for hydroxylation is 1. The minimum absolute atomic E-state index is 0.687. The first-order chi connectivity index (χ1) is 8.74. The van der Waals surface area contributed by atoms with Crippen molar-refractivity contribution < 1.29 is 0 Å². The van der Waals surface area contributed by atoms with Crippen LogP contribution in [0.25, 0.3) is 10.1 Å². The number of halogens is 1. The smallest absolute Gasteiger partial charge is 0.205 e. The summed E-state index contributed by atoms with van der Waals surface area (Å²) in [6.45, 7) is 2.63. The molecule has 6 heteroatoms. The van der Waals surface area contributed by atoms with Gasteiger partial charge in [-0.15, -0.1) is 21.5 Å². The maximum Gasteiger partial charge on any atom is 0.205 e. The van der Waals surface area contributed by atoms with Gasteiger partial charge in [0.2, 0.25) is 5.13 Å². The van der Waals surface area contributed by atoms with Crippen LogP contribution in [-0.2, 0) is 6.54 Å². The SMILES string of the molecule is Cc1nnc(NCc2sc3ccccc3c2Cl)s1. The first kappa shape index (κ1) is 11.9. The van der Waals surface area contributed by atoms with E-state index in [-0.39, 0.29) is 0 Å². The maximum atomic E-state index is 6.37. The summed E-state index contributed by atoms with van der Waals surface area (Å²) < 4.78 is 1.22. The molecule has 0 amide bonds. The predicted octanol–water partition coefficient (Wildman–Crippen LogP) is 4.33. The van der Waals surface area contributed by atoms with E-state index in [0.717, 1.165) is 25.4 Å². The molecule has 1 N–H and O–H groups in total. The second-order valence-corrected chi connectivity index (χ2v) is 6.51. The van der Waals surface area contributed by atoms with Crippen LogP contribution in [0.3, 0.4) is 0 Å². The number of hydrogen-bond acceptors (Lipinski definition) is 5.